The standard InChI is InChI=1S/C17H26N2O2/c1-12-6-4-7-13(2)17(12)18-10-16(21)19(3)11-14-8-5-9-15(14)20/h4,6-7,14-15,18,20H,5,8-11H2,1-3H3/t14-,15-/m0/s1. The Hall–Kier alpha value is -1.55. The van der Waals surface area contributed by atoms with Gasteiger partial charge in [0.25, 0.3) is 0 Å². The Balaban J connectivity index is 1.86. The molecule has 0 saturated heterocycles. The molecule has 2 N–H and O–H groups in total. The highest BCUT2D eigenvalue weighted by atomic mass is 16.3. The second-order valence-electron chi connectivity index (χ2n) is 6.15. The molecule has 116 valence electrons. The lowest BCUT2D eigenvalue weighted by Gasteiger charge is -2.24. The number of aryl methyl sites for hydroxylation is 2. The van der Waals surface area contributed by atoms with Crippen molar-refractivity contribution in [1.29, 1.82) is 0 Å². The summed E-state index contributed by atoms with van der Waals surface area (Å²) in [6.45, 7) is 5.02. The van der Waals surface area contributed by atoms with Crippen molar-refractivity contribution < 1.29 is 9.90 Å². The molecule has 1 aromatic rings. The summed E-state index contributed by atoms with van der Waals surface area (Å²) in [6.07, 6.45) is 2.71. The molecule has 0 aliphatic heterocycles. The lowest BCUT2D eigenvalue weighted by Crippen LogP contribution is -2.37. The highest BCUT2D eigenvalue weighted by Crippen LogP contribution is 2.26. The molecule has 1 aliphatic carbocycles. The number of aliphatic hydroxyl groups excluding tert-OH is 1. The molecule has 1 fully saturated rings. The summed E-state index contributed by atoms with van der Waals surface area (Å²) >= 11 is 0. The first-order valence-electron chi connectivity index (χ1n) is 7.71. The smallest absolute Gasteiger partial charge is 0.241 e. The van der Waals surface area contributed by atoms with E-state index in [9.17, 15) is 9.90 Å². The molecule has 1 aliphatic rings. The van der Waals surface area contributed by atoms with E-state index in [1.807, 2.05) is 39.1 Å². The number of para-hydroxylation sites is 1. The van der Waals surface area contributed by atoms with Crippen LogP contribution in [-0.2, 0) is 4.79 Å². The normalized spacial score (nSPS) is 21.3. The van der Waals surface area contributed by atoms with Gasteiger partial charge in [-0.05, 0) is 37.8 Å². The molecule has 4 nitrogen and oxygen atoms in total. The van der Waals surface area contributed by atoms with Gasteiger partial charge in [-0.25, -0.2) is 0 Å². The number of nitrogens with zero attached hydrogens (tertiary/aromatic N) is 1. The molecule has 2 atom stereocenters. The average Bonchev–Trinajstić information content (AvgIpc) is 2.83. The summed E-state index contributed by atoms with van der Waals surface area (Å²) in [5, 5.41) is 13.1. The molecular formula is C17H26N2O2. The van der Waals surface area contributed by atoms with Crippen LogP contribution in [0.4, 0.5) is 5.69 Å². The summed E-state index contributed by atoms with van der Waals surface area (Å²) in [6, 6.07) is 6.10. The van der Waals surface area contributed by atoms with Crippen molar-refractivity contribution in [1.82, 2.24) is 4.90 Å². The predicted octanol–water partition coefficient (Wildman–Crippen LogP) is 2.33. The van der Waals surface area contributed by atoms with Crippen LogP contribution in [0.15, 0.2) is 18.2 Å². The number of hydrogen-bond donors (Lipinski definition) is 2. The molecule has 4 heteroatoms. The highest BCUT2D eigenvalue weighted by molar-refractivity contribution is 5.81. The first-order chi connectivity index (χ1) is 9.99. The summed E-state index contributed by atoms with van der Waals surface area (Å²) in [5.41, 5.74) is 3.34. The maximum absolute atomic E-state index is 12.2. The number of aliphatic hydroxyl groups is 1. The topological polar surface area (TPSA) is 52.6 Å². The van der Waals surface area contributed by atoms with Crippen molar-refractivity contribution in [2.24, 2.45) is 5.92 Å². The predicted molar refractivity (Wildman–Crippen MR) is 85.4 cm³/mol. The van der Waals surface area contributed by atoms with E-state index in [0.717, 1.165) is 36.1 Å². The summed E-state index contributed by atoms with van der Waals surface area (Å²) in [7, 11) is 1.82. The van der Waals surface area contributed by atoms with Crippen LogP contribution in [0.5, 0.6) is 0 Å². The molecule has 0 unspecified atom stereocenters. The molecule has 0 heterocycles. The van der Waals surface area contributed by atoms with Crippen molar-refractivity contribution >= 4 is 11.6 Å². The zero-order chi connectivity index (χ0) is 15.4. The van der Waals surface area contributed by atoms with Gasteiger partial charge in [0.05, 0.1) is 12.6 Å². The minimum Gasteiger partial charge on any atom is -0.393 e. The van der Waals surface area contributed by atoms with Gasteiger partial charge < -0.3 is 15.3 Å². The van der Waals surface area contributed by atoms with E-state index in [-0.39, 0.29) is 17.9 Å². The number of anilines is 1. The van der Waals surface area contributed by atoms with Gasteiger partial charge in [0.2, 0.25) is 5.91 Å². The van der Waals surface area contributed by atoms with Gasteiger partial charge in [0, 0.05) is 25.2 Å². The fraction of sp³-hybridized carbons (Fsp3) is 0.588. The number of rotatable bonds is 5. The molecule has 1 saturated carbocycles. The number of amides is 1. The molecule has 0 aromatic heterocycles. The molecule has 1 amide bonds. The summed E-state index contributed by atoms with van der Waals surface area (Å²) in [5.74, 6) is 0.302. The van der Waals surface area contributed by atoms with Gasteiger partial charge in [-0.3, -0.25) is 4.79 Å². The van der Waals surface area contributed by atoms with Crippen molar-refractivity contribution in [3.63, 3.8) is 0 Å². The Morgan fingerprint density at radius 3 is 2.57 bits per heavy atom. The van der Waals surface area contributed by atoms with Gasteiger partial charge in [-0.2, -0.15) is 0 Å². The van der Waals surface area contributed by atoms with E-state index in [2.05, 4.69) is 5.32 Å². The fourth-order valence-electron chi connectivity index (χ4n) is 3.08. The van der Waals surface area contributed by atoms with E-state index >= 15 is 0 Å². The second kappa shape index (κ2) is 6.94. The third-order valence-corrected chi connectivity index (χ3v) is 4.45. The minimum absolute atomic E-state index is 0.0664. The fourth-order valence-corrected chi connectivity index (χ4v) is 3.08. The van der Waals surface area contributed by atoms with Crippen molar-refractivity contribution in [2.45, 2.75) is 39.2 Å². The van der Waals surface area contributed by atoms with Gasteiger partial charge in [-0.1, -0.05) is 24.6 Å². The first-order valence-corrected chi connectivity index (χ1v) is 7.71. The molecule has 1 aromatic carbocycles. The van der Waals surface area contributed by atoms with Crippen molar-refractivity contribution in [2.75, 3.05) is 25.5 Å². The lowest BCUT2D eigenvalue weighted by atomic mass is 10.1. The van der Waals surface area contributed by atoms with Crippen LogP contribution in [-0.4, -0.2) is 42.2 Å². The van der Waals surface area contributed by atoms with Gasteiger partial charge in [0.1, 0.15) is 0 Å². The SMILES string of the molecule is Cc1cccc(C)c1NCC(=O)N(C)C[C@@H]1CCC[C@@H]1O. The van der Waals surface area contributed by atoms with E-state index in [1.165, 1.54) is 0 Å². The van der Waals surface area contributed by atoms with E-state index in [1.54, 1.807) is 4.90 Å². The number of likely N-dealkylation sites (N-methyl/N-ethyl adjacent to an activating group) is 1. The maximum Gasteiger partial charge on any atom is 0.241 e. The molecule has 0 radical (unpaired) electrons. The molecule has 21 heavy (non-hydrogen) atoms. The number of carbonyl (C=O) groups excluding carboxylic acids is 1. The van der Waals surface area contributed by atoms with Crippen LogP contribution in [0, 0.1) is 19.8 Å². The van der Waals surface area contributed by atoms with Crippen LogP contribution in [0.1, 0.15) is 30.4 Å². The first kappa shape index (κ1) is 15.8. The molecular weight excluding hydrogens is 264 g/mol. The van der Waals surface area contributed by atoms with Crippen LogP contribution in [0.25, 0.3) is 0 Å². The Morgan fingerprint density at radius 2 is 2.00 bits per heavy atom. The van der Waals surface area contributed by atoms with Gasteiger partial charge in [-0.15, -0.1) is 0 Å². The number of hydrogen-bond acceptors (Lipinski definition) is 3. The second-order valence-corrected chi connectivity index (χ2v) is 6.15. The maximum atomic E-state index is 12.2. The molecule has 2 rings (SSSR count). The third-order valence-electron chi connectivity index (χ3n) is 4.45. The number of nitrogens with one attached hydrogen (secondary N) is 1. The zero-order valence-corrected chi connectivity index (χ0v) is 13.2. The van der Waals surface area contributed by atoms with Gasteiger partial charge >= 0.3 is 0 Å². The molecule has 0 bridgehead atoms. The van der Waals surface area contributed by atoms with Crippen LogP contribution in [0.3, 0.4) is 0 Å². The average molecular weight is 290 g/mol. The molecule has 0 spiro atoms. The highest BCUT2D eigenvalue weighted by Gasteiger charge is 2.27. The van der Waals surface area contributed by atoms with Crippen LogP contribution in [0.2, 0.25) is 0 Å². The van der Waals surface area contributed by atoms with E-state index in [0.29, 0.717) is 13.1 Å². The minimum atomic E-state index is -0.244. The number of carbonyl (C=O) groups is 1. The summed E-state index contributed by atoms with van der Waals surface area (Å²) < 4.78 is 0. The van der Waals surface area contributed by atoms with Crippen molar-refractivity contribution in [3.8, 4) is 0 Å². The monoisotopic (exact) mass is 290 g/mol. The third kappa shape index (κ3) is 3.97. The Kier molecular flexibility index (Phi) is 5.23. The summed E-state index contributed by atoms with van der Waals surface area (Å²) in [4.78, 5) is 14.0. The van der Waals surface area contributed by atoms with Crippen LogP contribution < -0.4 is 5.32 Å². The van der Waals surface area contributed by atoms with Gasteiger partial charge in [0.15, 0.2) is 0 Å². The zero-order valence-electron chi connectivity index (χ0n) is 13.2. The quantitative estimate of drug-likeness (QED) is 0.875. The van der Waals surface area contributed by atoms with Crippen LogP contribution >= 0.6 is 0 Å². The van der Waals surface area contributed by atoms with Crippen molar-refractivity contribution in [3.05, 3.63) is 29.3 Å². The van der Waals surface area contributed by atoms with E-state index in [4.69, 9.17) is 0 Å². The Morgan fingerprint density at radius 1 is 1.33 bits per heavy atom. The Bertz CT molecular complexity index is 481. The largest absolute Gasteiger partial charge is 0.393 e. The number of benzene rings is 1. The lowest BCUT2D eigenvalue weighted by molar-refractivity contribution is -0.128. The van der Waals surface area contributed by atoms with E-state index < -0.39 is 0 Å². The Labute approximate surface area is 127 Å².